The summed E-state index contributed by atoms with van der Waals surface area (Å²) in [6, 6.07) is 33.4. The Balaban J connectivity index is 1.83. The summed E-state index contributed by atoms with van der Waals surface area (Å²) in [6.07, 6.45) is 4.00. The molecule has 1 unspecified atom stereocenters. The van der Waals surface area contributed by atoms with Crippen molar-refractivity contribution in [1.82, 2.24) is 4.90 Å². The first-order valence-corrected chi connectivity index (χ1v) is 11.0. The summed E-state index contributed by atoms with van der Waals surface area (Å²) in [5.41, 5.74) is 1.45. The molecule has 0 saturated carbocycles. The monoisotopic (exact) mass is 359 g/mol. The molecule has 4 rings (SSSR count). The van der Waals surface area contributed by atoms with Gasteiger partial charge in [-0.15, -0.1) is 0 Å². The van der Waals surface area contributed by atoms with Gasteiger partial charge in [0.15, 0.2) is 0 Å². The van der Waals surface area contributed by atoms with Crippen molar-refractivity contribution in [1.29, 1.82) is 0 Å². The summed E-state index contributed by atoms with van der Waals surface area (Å²) in [4.78, 5) is 2.74. The molecule has 0 amide bonds. The van der Waals surface area contributed by atoms with Gasteiger partial charge in [0.2, 0.25) is 0 Å². The summed E-state index contributed by atoms with van der Waals surface area (Å²) in [5.74, 6) is 0.441. The molecular formula is C24H26NP. The Hall–Kier alpha value is -1.95. The summed E-state index contributed by atoms with van der Waals surface area (Å²) < 4.78 is 0. The van der Waals surface area contributed by atoms with Gasteiger partial charge < -0.3 is 0 Å². The first kappa shape index (κ1) is 17.5. The summed E-state index contributed by atoms with van der Waals surface area (Å²) in [6.45, 7) is 2.41. The van der Waals surface area contributed by atoms with Gasteiger partial charge in [-0.1, -0.05) is 97.4 Å². The van der Waals surface area contributed by atoms with Crippen LogP contribution in [0.15, 0.2) is 91.0 Å². The fourth-order valence-electron chi connectivity index (χ4n) is 3.92. The molecule has 3 aromatic carbocycles. The van der Waals surface area contributed by atoms with Crippen LogP contribution in [-0.2, 0) is 0 Å². The molecule has 0 aliphatic carbocycles. The number of hydrogen-bond acceptors (Lipinski definition) is 1. The van der Waals surface area contributed by atoms with Gasteiger partial charge >= 0.3 is 0 Å². The lowest BCUT2D eigenvalue weighted by Gasteiger charge is -2.40. The number of likely N-dealkylation sites (tertiary alicyclic amines) is 1. The SMILES string of the molecule is c1ccc(C(N2CCCCC2)P(c2ccccc2)c2ccccc2)cc1. The van der Waals surface area contributed by atoms with E-state index in [2.05, 4.69) is 95.9 Å². The molecule has 0 bridgehead atoms. The molecule has 1 aliphatic rings. The maximum Gasteiger partial charge on any atom is 0.0630 e. The van der Waals surface area contributed by atoms with Crippen molar-refractivity contribution in [2.75, 3.05) is 13.1 Å². The third-order valence-electron chi connectivity index (χ3n) is 5.15. The van der Waals surface area contributed by atoms with Crippen LogP contribution in [0.1, 0.15) is 30.6 Å². The van der Waals surface area contributed by atoms with Crippen molar-refractivity contribution in [3.05, 3.63) is 96.6 Å². The normalized spacial score (nSPS) is 16.5. The first-order valence-electron chi connectivity index (χ1n) is 9.62. The number of rotatable bonds is 5. The lowest BCUT2D eigenvalue weighted by atomic mass is 10.1. The Morgan fingerprint density at radius 1 is 0.577 bits per heavy atom. The van der Waals surface area contributed by atoms with E-state index in [1.807, 2.05) is 0 Å². The number of hydrogen-bond donors (Lipinski definition) is 0. The smallest absolute Gasteiger partial charge is 0.0630 e. The summed E-state index contributed by atoms with van der Waals surface area (Å²) in [7, 11) is -0.488. The Labute approximate surface area is 158 Å². The largest absolute Gasteiger partial charge is 0.292 e. The van der Waals surface area contributed by atoms with Crippen LogP contribution >= 0.6 is 7.92 Å². The van der Waals surface area contributed by atoms with Crippen molar-refractivity contribution >= 4 is 18.5 Å². The maximum atomic E-state index is 2.74. The molecular weight excluding hydrogens is 333 g/mol. The molecule has 1 nitrogen and oxygen atoms in total. The van der Waals surface area contributed by atoms with E-state index in [9.17, 15) is 0 Å². The Kier molecular flexibility index (Phi) is 5.79. The van der Waals surface area contributed by atoms with Gasteiger partial charge in [-0.05, 0) is 50.0 Å². The summed E-state index contributed by atoms with van der Waals surface area (Å²) >= 11 is 0. The van der Waals surface area contributed by atoms with E-state index >= 15 is 0 Å². The second kappa shape index (κ2) is 8.62. The predicted octanol–water partition coefficient (Wildman–Crippen LogP) is 5.30. The molecule has 0 spiro atoms. The molecule has 1 aliphatic heterocycles. The van der Waals surface area contributed by atoms with E-state index in [1.165, 1.54) is 48.5 Å². The number of benzene rings is 3. The molecule has 1 fully saturated rings. The highest BCUT2D eigenvalue weighted by Crippen LogP contribution is 2.51. The van der Waals surface area contributed by atoms with Crippen LogP contribution in [-0.4, -0.2) is 18.0 Å². The summed E-state index contributed by atoms with van der Waals surface area (Å²) in [5, 5.41) is 2.93. The third-order valence-corrected chi connectivity index (χ3v) is 7.97. The molecule has 0 aromatic heterocycles. The fourth-order valence-corrected chi connectivity index (χ4v) is 6.80. The van der Waals surface area contributed by atoms with E-state index in [4.69, 9.17) is 0 Å². The minimum Gasteiger partial charge on any atom is -0.292 e. The molecule has 0 N–H and O–H groups in total. The average Bonchev–Trinajstić information content (AvgIpc) is 2.74. The molecule has 3 aromatic rings. The Bertz CT molecular complexity index is 743. The lowest BCUT2D eigenvalue weighted by molar-refractivity contribution is 0.212. The zero-order valence-electron chi connectivity index (χ0n) is 15.2. The zero-order valence-corrected chi connectivity index (χ0v) is 16.1. The highest BCUT2D eigenvalue weighted by atomic mass is 31.1. The van der Waals surface area contributed by atoms with Crippen LogP contribution < -0.4 is 10.6 Å². The first-order chi connectivity index (χ1) is 12.9. The second-order valence-corrected chi connectivity index (χ2v) is 9.18. The molecule has 2 heteroatoms. The highest BCUT2D eigenvalue weighted by molar-refractivity contribution is 7.73. The van der Waals surface area contributed by atoms with Gasteiger partial charge in [0.25, 0.3) is 0 Å². The predicted molar refractivity (Wildman–Crippen MR) is 114 cm³/mol. The molecule has 0 radical (unpaired) electrons. The van der Waals surface area contributed by atoms with Crippen LogP contribution in [0.25, 0.3) is 0 Å². The van der Waals surface area contributed by atoms with Gasteiger partial charge in [0.05, 0.1) is 5.78 Å². The van der Waals surface area contributed by atoms with Crippen LogP contribution in [0, 0.1) is 0 Å². The molecule has 1 saturated heterocycles. The number of piperidine rings is 1. The average molecular weight is 359 g/mol. The highest BCUT2D eigenvalue weighted by Gasteiger charge is 2.31. The molecule has 1 atom stereocenters. The van der Waals surface area contributed by atoms with Crippen LogP contribution in [0.4, 0.5) is 0 Å². The topological polar surface area (TPSA) is 3.24 Å². The minimum atomic E-state index is -0.488. The van der Waals surface area contributed by atoms with Gasteiger partial charge in [-0.3, -0.25) is 4.90 Å². The van der Waals surface area contributed by atoms with Gasteiger partial charge in [-0.25, -0.2) is 0 Å². The van der Waals surface area contributed by atoms with Crippen molar-refractivity contribution < 1.29 is 0 Å². The van der Waals surface area contributed by atoms with E-state index in [0.29, 0.717) is 5.78 Å². The molecule has 132 valence electrons. The van der Waals surface area contributed by atoms with Crippen molar-refractivity contribution in [3.8, 4) is 0 Å². The lowest BCUT2D eigenvalue weighted by Crippen LogP contribution is -2.36. The maximum absolute atomic E-state index is 2.74. The van der Waals surface area contributed by atoms with Crippen molar-refractivity contribution in [3.63, 3.8) is 0 Å². The van der Waals surface area contributed by atoms with Gasteiger partial charge in [0.1, 0.15) is 0 Å². The third kappa shape index (κ3) is 3.90. The van der Waals surface area contributed by atoms with Crippen molar-refractivity contribution in [2.45, 2.75) is 25.0 Å². The molecule has 26 heavy (non-hydrogen) atoms. The quantitative estimate of drug-likeness (QED) is 0.559. The van der Waals surface area contributed by atoms with E-state index < -0.39 is 7.92 Å². The van der Waals surface area contributed by atoms with Crippen LogP contribution in [0.3, 0.4) is 0 Å². The number of nitrogens with zero attached hydrogens (tertiary/aromatic N) is 1. The van der Waals surface area contributed by atoms with Gasteiger partial charge in [0, 0.05) is 0 Å². The van der Waals surface area contributed by atoms with Crippen LogP contribution in [0.2, 0.25) is 0 Å². The standard InChI is InChI=1S/C24H26NP/c1-5-13-21(14-6-1)24(25-19-11-4-12-20-25)26(22-15-7-2-8-16-22)23-17-9-3-10-18-23/h1-3,5-10,13-18,24H,4,11-12,19-20H2. The van der Waals surface area contributed by atoms with E-state index in [0.717, 1.165) is 0 Å². The fraction of sp³-hybridized carbons (Fsp3) is 0.250. The van der Waals surface area contributed by atoms with Gasteiger partial charge in [-0.2, -0.15) is 0 Å². The molecule has 1 heterocycles. The van der Waals surface area contributed by atoms with E-state index in [-0.39, 0.29) is 0 Å². The Morgan fingerprint density at radius 2 is 1.04 bits per heavy atom. The zero-order chi connectivity index (χ0) is 17.6. The van der Waals surface area contributed by atoms with Crippen molar-refractivity contribution in [2.24, 2.45) is 0 Å². The second-order valence-electron chi connectivity index (χ2n) is 6.92. The van der Waals surface area contributed by atoms with Crippen LogP contribution in [0.5, 0.6) is 0 Å². The van der Waals surface area contributed by atoms with E-state index in [1.54, 1.807) is 0 Å². The Morgan fingerprint density at radius 3 is 1.54 bits per heavy atom. The minimum absolute atomic E-state index is 0.441.